The Hall–Kier alpha value is -0.440. The fourth-order valence-electron chi connectivity index (χ4n) is 4.72. The summed E-state index contributed by atoms with van der Waals surface area (Å²) < 4.78 is 26.6. The van der Waals surface area contributed by atoms with E-state index in [4.69, 9.17) is 50.6 Å². The van der Waals surface area contributed by atoms with Crippen LogP contribution < -0.4 is 0 Å². The highest BCUT2D eigenvalue weighted by atomic mass is 35.5. The predicted octanol–water partition coefficient (Wildman–Crippen LogP) is -0.319. The number of aliphatic hydroxyl groups is 3. The molecule has 12 heteroatoms. The molecule has 5 aliphatic heterocycles. The zero-order valence-corrected chi connectivity index (χ0v) is 23.4. The molecule has 3 N–H and O–H groups in total. The fourth-order valence-corrected chi connectivity index (χ4v) is 4.98. The van der Waals surface area contributed by atoms with Gasteiger partial charge in [-0.05, 0) is 27.7 Å². The molecule has 5 rings (SSSR count). The van der Waals surface area contributed by atoms with E-state index < -0.39 is 11.6 Å². The summed E-state index contributed by atoms with van der Waals surface area (Å²) in [4.78, 5) is 14.9. The summed E-state index contributed by atoms with van der Waals surface area (Å²) in [5.41, 5.74) is 0.275. The van der Waals surface area contributed by atoms with Gasteiger partial charge in [0.1, 0.15) is 13.2 Å². The molecule has 5 aliphatic rings. The van der Waals surface area contributed by atoms with Crippen LogP contribution in [-0.2, 0) is 28.5 Å². The predicted molar refractivity (Wildman–Crippen MR) is 135 cm³/mol. The Balaban J connectivity index is 0.000000159. The van der Waals surface area contributed by atoms with Crippen molar-refractivity contribution in [3.63, 3.8) is 0 Å². The molecule has 11 nitrogen and oxygen atoms in total. The Morgan fingerprint density at radius 2 is 1.41 bits per heavy atom. The van der Waals surface area contributed by atoms with E-state index in [1.807, 2.05) is 18.7 Å². The van der Waals surface area contributed by atoms with Crippen molar-refractivity contribution in [2.75, 3.05) is 91.5 Å². The molecule has 5 fully saturated rings. The molecular formula is C25H45ClN2O9. The molecular weight excluding hydrogens is 508 g/mol. The van der Waals surface area contributed by atoms with Gasteiger partial charge in [0, 0.05) is 42.9 Å². The van der Waals surface area contributed by atoms with Crippen LogP contribution in [0.3, 0.4) is 0 Å². The van der Waals surface area contributed by atoms with Crippen molar-refractivity contribution >= 4 is 17.4 Å². The minimum atomic E-state index is -0.562. The molecule has 5 heterocycles. The van der Waals surface area contributed by atoms with Gasteiger partial charge in [0.2, 0.25) is 0 Å². The van der Waals surface area contributed by atoms with Crippen molar-refractivity contribution in [2.24, 2.45) is 10.8 Å². The Labute approximate surface area is 224 Å². The zero-order valence-electron chi connectivity index (χ0n) is 22.6. The normalized spacial score (nSPS) is 28.2. The third-order valence-electron chi connectivity index (χ3n) is 7.45. The minimum Gasteiger partial charge on any atom is -0.396 e. The van der Waals surface area contributed by atoms with Crippen molar-refractivity contribution in [3.05, 3.63) is 0 Å². The Kier molecular flexibility index (Phi) is 10.8. The zero-order chi connectivity index (χ0) is 27.3. The number of alkyl halides is 1. The monoisotopic (exact) mass is 552 g/mol. The maximum absolute atomic E-state index is 10.5. The molecule has 0 bridgehead atoms. The summed E-state index contributed by atoms with van der Waals surface area (Å²) in [5, 5.41) is 26.8. The first-order valence-corrected chi connectivity index (χ1v) is 13.5. The van der Waals surface area contributed by atoms with E-state index in [2.05, 4.69) is 4.90 Å². The van der Waals surface area contributed by atoms with Crippen LogP contribution in [0.15, 0.2) is 0 Å². The van der Waals surface area contributed by atoms with Crippen molar-refractivity contribution in [1.29, 1.82) is 0 Å². The van der Waals surface area contributed by atoms with Crippen LogP contribution in [0.5, 0.6) is 0 Å². The average Bonchev–Trinajstić information content (AvgIpc) is 2.78. The third-order valence-corrected chi connectivity index (χ3v) is 8.02. The third kappa shape index (κ3) is 8.28. The second-order valence-corrected chi connectivity index (χ2v) is 12.1. The smallest absolute Gasteiger partial charge is 0.184 e. The van der Waals surface area contributed by atoms with E-state index in [1.165, 1.54) is 0 Å². The van der Waals surface area contributed by atoms with Gasteiger partial charge >= 0.3 is 0 Å². The number of aliphatic hydroxyl groups excluding tert-OH is 3. The SMILES string of the molecule is CC1(C)OCC(=O)CO1.CC1(C)OCC(N2CC3(COC3)C2)CO1.OCC(CO)N1CC(CO)(CCl)C1. The minimum absolute atomic E-state index is 0.00863. The lowest BCUT2D eigenvalue weighted by atomic mass is 9.77. The van der Waals surface area contributed by atoms with Gasteiger partial charge < -0.3 is 39.0 Å². The second kappa shape index (κ2) is 12.8. The van der Waals surface area contributed by atoms with Gasteiger partial charge in [-0.25, -0.2) is 0 Å². The molecule has 0 amide bonds. The van der Waals surface area contributed by atoms with Gasteiger partial charge in [-0.3, -0.25) is 14.6 Å². The second-order valence-electron chi connectivity index (χ2n) is 11.8. The number of hydrogen-bond acceptors (Lipinski definition) is 11. The number of ketones is 1. The highest BCUT2D eigenvalue weighted by molar-refractivity contribution is 6.18. The van der Waals surface area contributed by atoms with Crippen molar-refractivity contribution in [2.45, 2.75) is 51.4 Å². The highest BCUT2D eigenvalue weighted by Gasteiger charge is 2.51. The number of hydrogen-bond donors (Lipinski definition) is 3. The van der Waals surface area contributed by atoms with E-state index >= 15 is 0 Å². The van der Waals surface area contributed by atoms with Crippen molar-refractivity contribution in [1.82, 2.24) is 9.80 Å². The Bertz CT molecular complexity index is 704. The molecule has 0 aromatic carbocycles. The number of halogens is 1. The van der Waals surface area contributed by atoms with Crippen molar-refractivity contribution in [3.8, 4) is 0 Å². The van der Waals surface area contributed by atoms with Gasteiger partial charge in [-0.2, -0.15) is 0 Å². The van der Waals surface area contributed by atoms with E-state index in [-0.39, 0.29) is 50.3 Å². The van der Waals surface area contributed by atoms with Gasteiger partial charge in [0.15, 0.2) is 17.4 Å². The summed E-state index contributed by atoms with van der Waals surface area (Å²) in [5.74, 6) is -0.523. The molecule has 0 saturated carbocycles. The summed E-state index contributed by atoms with van der Waals surface area (Å²) >= 11 is 5.70. The summed E-state index contributed by atoms with van der Waals surface area (Å²) in [6.07, 6.45) is 0. The van der Waals surface area contributed by atoms with E-state index in [0.717, 1.165) is 39.5 Å². The number of Topliss-reactive ketones (excluding diaryl/α,β-unsaturated/α-hetero) is 1. The van der Waals surface area contributed by atoms with Crippen LogP contribution in [0.4, 0.5) is 0 Å². The average molecular weight is 553 g/mol. The summed E-state index contributed by atoms with van der Waals surface area (Å²) in [6.45, 7) is 15.0. The van der Waals surface area contributed by atoms with Crippen LogP contribution in [0.1, 0.15) is 27.7 Å². The molecule has 5 saturated heterocycles. The molecule has 0 aliphatic carbocycles. The van der Waals surface area contributed by atoms with Gasteiger partial charge in [-0.1, -0.05) is 0 Å². The molecule has 0 aromatic heterocycles. The summed E-state index contributed by atoms with van der Waals surface area (Å²) in [7, 11) is 0. The van der Waals surface area contributed by atoms with Crippen molar-refractivity contribution < 1.29 is 43.8 Å². The first-order chi connectivity index (χ1) is 17.4. The molecule has 1 spiro atoms. The van der Waals surface area contributed by atoms with E-state index in [9.17, 15) is 4.79 Å². The van der Waals surface area contributed by atoms with E-state index in [0.29, 0.717) is 30.4 Å². The maximum atomic E-state index is 10.5. The summed E-state index contributed by atoms with van der Waals surface area (Å²) in [6, 6.07) is 0.243. The standard InChI is InChI=1S/C11H19NO3.C8H16ClNO3.C6H10O3/c1-10(2)14-3-9(4-15-10)12-5-11(6-12)7-13-8-11;9-3-8(6-13)4-10(5-8)7(1-11)2-12;1-6(2)8-3-5(7)4-9-6/h9H,3-8H2,1-2H3;7,11-13H,1-6H2;3-4H2,1-2H3. The van der Waals surface area contributed by atoms with Gasteiger partial charge in [0.25, 0.3) is 0 Å². The largest absolute Gasteiger partial charge is 0.396 e. The van der Waals surface area contributed by atoms with Crippen LogP contribution in [0.25, 0.3) is 0 Å². The number of rotatable bonds is 6. The van der Waals surface area contributed by atoms with Gasteiger partial charge in [0.05, 0.1) is 58.3 Å². The van der Waals surface area contributed by atoms with E-state index in [1.54, 1.807) is 13.8 Å². The number of ether oxygens (including phenoxy) is 5. The lowest BCUT2D eigenvalue weighted by molar-refractivity contribution is -0.284. The Morgan fingerprint density at radius 1 is 0.892 bits per heavy atom. The van der Waals surface area contributed by atoms with Gasteiger partial charge in [-0.15, -0.1) is 11.6 Å². The lowest BCUT2D eigenvalue weighted by Crippen LogP contribution is -2.70. The lowest BCUT2D eigenvalue weighted by Gasteiger charge is -2.58. The number of carbonyl (C=O) groups excluding carboxylic acids is 1. The number of nitrogens with zero attached hydrogens (tertiary/aromatic N) is 2. The molecule has 37 heavy (non-hydrogen) atoms. The maximum Gasteiger partial charge on any atom is 0.184 e. The Morgan fingerprint density at radius 3 is 1.78 bits per heavy atom. The first kappa shape index (κ1) is 31.1. The topological polar surface area (TPSA) is 130 Å². The van der Waals surface area contributed by atoms with Crippen LogP contribution >= 0.6 is 11.6 Å². The first-order valence-electron chi connectivity index (χ1n) is 12.9. The number of likely N-dealkylation sites (tertiary alicyclic amines) is 2. The molecule has 0 aromatic rings. The van der Waals surface area contributed by atoms with Crippen LogP contribution in [-0.4, -0.2) is 146 Å². The molecule has 0 atom stereocenters. The highest BCUT2D eigenvalue weighted by Crippen LogP contribution is 2.39. The fraction of sp³-hybridized carbons (Fsp3) is 0.960. The molecule has 0 radical (unpaired) electrons. The van der Waals surface area contributed by atoms with Crippen LogP contribution in [0, 0.1) is 10.8 Å². The molecule has 0 unspecified atom stereocenters. The molecule has 216 valence electrons. The quantitative estimate of drug-likeness (QED) is 0.375. The number of carbonyl (C=O) groups is 1. The van der Waals surface area contributed by atoms with Crippen LogP contribution in [0.2, 0.25) is 0 Å².